The minimum absolute atomic E-state index is 0.0544. The Labute approximate surface area is 92.1 Å². The Balaban J connectivity index is 2.41. The molecule has 78 valence electrons. The Morgan fingerprint density at radius 2 is 2.20 bits per heavy atom. The Kier molecular flexibility index (Phi) is 2.79. The minimum Gasteiger partial charge on any atom is -0.310 e. The Morgan fingerprint density at radius 1 is 1.47 bits per heavy atom. The van der Waals surface area contributed by atoms with Gasteiger partial charge >= 0.3 is 0 Å². The van der Waals surface area contributed by atoms with Gasteiger partial charge in [-0.1, -0.05) is 12.1 Å². The highest BCUT2D eigenvalue weighted by molar-refractivity contribution is 7.20. The number of carbonyl (C=O) groups is 1. The van der Waals surface area contributed by atoms with Crippen molar-refractivity contribution in [3.05, 3.63) is 29.3 Å². The number of hydrogen-bond acceptors (Lipinski definition) is 4. The fourth-order valence-electron chi connectivity index (χ4n) is 1.29. The number of thiazole rings is 1. The molecular weight excluding hydrogens is 208 g/mol. The summed E-state index contributed by atoms with van der Waals surface area (Å²) in [5, 5.41) is 3.51. The number of carbonyl (C=O) groups excluding carboxylic acids is 1. The summed E-state index contributed by atoms with van der Waals surface area (Å²) in [6, 6.07) is 7.61. The van der Waals surface area contributed by atoms with Crippen LogP contribution in [0.2, 0.25) is 0 Å². The molecule has 0 saturated heterocycles. The zero-order valence-corrected chi connectivity index (χ0v) is 9.47. The molecule has 0 saturated carbocycles. The smallest absolute Gasteiger partial charge is 0.207 e. The Morgan fingerprint density at radius 3 is 2.87 bits per heavy atom. The van der Waals surface area contributed by atoms with Crippen LogP contribution < -0.4 is 5.32 Å². The quantitative estimate of drug-likeness (QED) is 0.805. The molecule has 1 aromatic carbocycles. The van der Waals surface area contributed by atoms with Crippen LogP contribution in [0.25, 0.3) is 10.2 Å². The molecule has 0 spiro atoms. The first-order valence-corrected chi connectivity index (χ1v) is 5.61. The standard InChI is InChI=1S/C11H12N2OS/c1-7(12-2)10(14)11-13-8-5-3-4-6-9(8)15-11/h3-7,12H,1-2H3. The lowest BCUT2D eigenvalue weighted by Crippen LogP contribution is -2.30. The number of fused-ring (bicyclic) bond motifs is 1. The number of benzene rings is 1. The number of nitrogens with one attached hydrogen (secondary N) is 1. The molecule has 1 aromatic heterocycles. The zero-order chi connectivity index (χ0) is 10.8. The van der Waals surface area contributed by atoms with Gasteiger partial charge in [0.25, 0.3) is 0 Å². The van der Waals surface area contributed by atoms with Gasteiger partial charge in [0.1, 0.15) is 0 Å². The molecule has 0 aliphatic rings. The van der Waals surface area contributed by atoms with E-state index in [4.69, 9.17) is 0 Å². The number of ketones is 1. The van der Waals surface area contributed by atoms with Crippen LogP contribution >= 0.6 is 11.3 Å². The van der Waals surface area contributed by atoms with Gasteiger partial charge in [0.2, 0.25) is 5.78 Å². The highest BCUT2D eigenvalue weighted by atomic mass is 32.1. The van der Waals surface area contributed by atoms with Gasteiger partial charge in [-0.2, -0.15) is 0 Å². The molecule has 15 heavy (non-hydrogen) atoms. The lowest BCUT2D eigenvalue weighted by atomic mass is 10.2. The maximum Gasteiger partial charge on any atom is 0.207 e. The molecule has 0 radical (unpaired) electrons. The SMILES string of the molecule is CNC(C)C(=O)c1nc2ccccc2s1. The minimum atomic E-state index is -0.175. The van der Waals surface area contributed by atoms with E-state index in [0.29, 0.717) is 5.01 Å². The molecule has 2 rings (SSSR count). The summed E-state index contributed by atoms with van der Waals surface area (Å²) in [7, 11) is 1.77. The molecule has 0 aliphatic heterocycles. The first-order chi connectivity index (χ1) is 7.22. The molecule has 4 heteroatoms. The highest BCUT2D eigenvalue weighted by Gasteiger charge is 2.17. The molecule has 0 fully saturated rings. The molecule has 0 aliphatic carbocycles. The molecular formula is C11H12N2OS. The molecule has 0 amide bonds. The fourth-order valence-corrected chi connectivity index (χ4v) is 2.29. The number of para-hydroxylation sites is 1. The van der Waals surface area contributed by atoms with E-state index < -0.39 is 0 Å². The predicted octanol–water partition coefficient (Wildman–Crippen LogP) is 2.09. The van der Waals surface area contributed by atoms with Gasteiger partial charge in [0.05, 0.1) is 16.3 Å². The third-order valence-corrected chi connectivity index (χ3v) is 3.38. The van der Waals surface area contributed by atoms with E-state index in [1.807, 2.05) is 31.2 Å². The van der Waals surface area contributed by atoms with Crippen molar-refractivity contribution < 1.29 is 4.79 Å². The maximum absolute atomic E-state index is 11.8. The van der Waals surface area contributed by atoms with E-state index in [9.17, 15) is 4.79 Å². The van der Waals surface area contributed by atoms with Gasteiger partial charge in [-0.3, -0.25) is 4.79 Å². The van der Waals surface area contributed by atoms with Crippen molar-refractivity contribution in [2.45, 2.75) is 13.0 Å². The van der Waals surface area contributed by atoms with Crippen LogP contribution in [-0.2, 0) is 0 Å². The Bertz CT molecular complexity index is 459. The van der Waals surface area contributed by atoms with Gasteiger partial charge in [-0.05, 0) is 26.1 Å². The highest BCUT2D eigenvalue weighted by Crippen LogP contribution is 2.22. The summed E-state index contributed by atoms with van der Waals surface area (Å²) in [5.41, 5.74) is 0.897. The van der Waals surface area contributed by atoms with Crippen molar-refractivity contribution in [3.8, 4) is 0 Å². The number of nitrogens with zero attached hydrogens (tertiary/aromatic N) is 1. The number of rotatable bonds is 3. The van der Waals surface area contributed by atoms with E-state index in [0.717, 1.165) is 10.2 Å². The number of Topliss-reactive ketones (excluding diaryl/α,β-unsaturated/α-hetero) is 1. The summed E-state index contributed by atoms with van der Waals surface area (Å²) in [5.74, 6) is 0.0544. The third-order valence-electron chi connectivity index (χ3n) is 2.33. The van der Waals surface area contributed by atoms with Gasteiger partial charge in [-0.15, -0.1) is 11.3 Å². The van der Waals surface area contributed by atoms with E-state index in [2.05, 4.69) is 10.3 Å². The molecule has 1 heterocycles. The molecule has 1 N–H and O–H groups in total. The van der Waals surface area contributed by atoms with E-state index in [1.54, 1.807) is 7.05 Å². The molecule has 1 unspecified atom stereocenters. The lowest BCUT2D eigenvalue weighted by molar-refractivity contribution is 0.0955. The van der Waals surface area contributed by atoms with Gasteiger partial charge in [0, 0.05) is 0 Å². The number of likely N-dealkylation sites (N-methyl/N-ethyl adjacent to an activating group) is 1. The predicted molar refractivity (Wildman–Crippen MR) is 62.5 cm³/mol. The topological polar surface area (TPSA) is 42.0 Å². The number of hydrogen-bond donors (Lipinski definition) is 1. The van der Waals surface area contributed by atoms with Crippen LogP contribution in [0.15, 0.2) is 24.3 Å². The van der Waals surface area contributed by atoms with Crippen molar-refractivity contribution in [1.29, 1.82) is 0 Å². The van der Waals surface area contributed by atoms with Gasteiger partial charge in [0.15, 0.2) is 5.01 Å². The van der Waals surface area contributed by atoms with Crippen molar-refractivity contribution in [2.75, 3.05) is 7.05 Å². The summed E-state index contributed by atoms with van der Waals surface area (Å²) in [6.45, 7) is 1.84. The first kappa shape index (κ1) is 10.3. The van der Waals surface area contributed by atoms with Gasteiger partial charge < -0.3 is 5.32 Å². The van der Waals surface area contributed by atoms with Crippen LogP contribution in [0.3, 0.4) is 0 Å². The van der Waals surface area contributed by atoms with Crippen LogP contribution in [0, 0.1) is 0 Å². The van der Waals surface area contributed by atoms with Gasteiger partial charge in [-0.25, -0.2) is 4.98 Å². The van der Waals surface area contributed by atoms with Crippen LogP contribution in [0.1, 0.15) is 16.7 Å². The summed E-state index contributed by atoms with van der Waals surface area (Å²) >= 11 is 1.45. The molecule has 0 bridgehead atoms. The fraction of sp³-hybridized carbons (Fsp3) is 0.273. The largest absolute Gasteiger partial charge is 0.310 e. The van der Waals surface area contributed by atoms with E-state index >= 15 is 0 Å². The molecule has 1 atom stereocenters. The summed E-state index contributed by atoms with van der Waals surface area (Å²) in [4.78, 5) is 16.1. The second-order valence-corrected chi connectivity index (χ2v) is 4.39. The van der Waals surface area contributed by atoms with Crippen LogP contribution in [-0.4, -0.2) is 23.9 Å². The van der Waals surface area contributed by atoms with Crippen molar-refractivity contribution in [1.82, 2.24) is 10.3 Å². The first-order valence-electron chi connectivity index (χ1n) is 4.79. The Hall–Kier alpha value is -1.26. The molecule has 2 aromatic rings. The monoisotopic (exact) mass is 220 g/mol. The summed E-state index contributed by atoms with van der Waals surface area (Å²) < 4.78 is 1.06. The van der Waals surface area contributed by atoms with Crippen molar-refractivity contribution in [2.24, 2.45) is 0 Å². The third kappa shape index (κ3) is 1.91. The normalized spacial score (nSPS) is 12.9. The van der Waals surface area contributed by atoms with Crippen molar-refractivity contribution in [3.63, 3.8) is 0 Å². The average Bonchev–Trinajstić information content (AvgIpc) is 2.70. The second-order valence-electron chi connectivity index (χ2n) is 3.36. The average molecular weight is 220 g/mol. The van der Waals surface area contributed by atoms with E-state index in [-0.39, 0.29) is 11.8 Å². The summed E-state index contributed by atoms with van der Waals surface area (Å²) in [6.07, 6.45) is 0. The van der Waals surface area contributed by atoms with E-state index in [1.165, 1.54) is 11.3 Å². The molecule has 3 nitrogen and oxygen atoms in total. The number of aromatic nitrogens is 1. The van der Waals surface area contributed by atoms with Crippen LogP contribution in [0.4, 0.5) is 0 Å². The second kappa shape index (κ2) is 4.08. The van der Waals surface area contributed by atoms with Crippen LogP contribution in [0.5, 0.6) is 0 Å². The van der Waals surface area contributed by atoms with Crippen molar-refractivity contribution >= 4 is 27.3 Å². The maximum atomic E-state index is 11.8. The lowest BCUT2D eigenvalue weighted by Gasteiger charge is -2.04. The zero-order valence-electron chi connectivity index (χ0n) is 8.65.